The molecular weight excluding hydrogens is 99.0 g/mol. The fourth-order valence-corrected chi connectivity index (χ4v) is 4.47. The van der Waals surface area contributed by atoms with Gasteiger partial charge in [-0.15, -0.1) is 5.79 Å². The van der Waals surface area contributed by atoms with Crippen molar-refractivity contribution in [2.45, 2.75) is 29.7 Å². The Balaban J connectivity index is 2.26. The molecule has 0 aromatic carbocycles. The minimum Gasteiger partial charge on any atom is -0.106 e. The minimum atomic E-state index is -0.107. The molecule has 1 saturated heterocycles. The summed E-state index contributed by atoms with van der Waals surface area (Å²) in [4.78, 5) is 0. The van der Waals surface area contributed by atoms with Gasteiger partial charge >= 0.3 is 0 Å². The van der Waals surface area contributed by atoms with E-state index in [0.717, 1.165) is 5.92 Å². The second kappa shape index (κ2) is 2.20. The Hall–Kier alpha value is 0.532. The molecule has 40 valence electrons. The molecule has 0 amide bonds. The molecule has 1 atom stereocenters. The Morgan fingerprint density at radius 2 is 2.29 bits per heavy atom. The predicted molar refractivity (Wildman–Crippen MR) is 35.0 cm³/mol. The molecule has 0 N–H and O–H groups in total. The maximum Gasteiger partial charge on any atom is 0.258 e. The van der Waals surface area contributed by atoms with E-state index in [1.165, 1.54) is 6.42 Å². The minimum absolute atomic E-state index is 0.107. The first kappa shape index (κ1) is 5.67. The molecule has 1 rings (SSSR count). The molecule has 1 unspecified atom stereocenters. The first-order valence-electron chi connectivity index (χ1n) is 3.29. The molecule has 1 aliphatic rings. The number of hydrogen-bond acceptors (Lipinski definition) is 0. The first-order chi connectivity index (χ1) is 3.29. The molecule has 0 radical (unpaired) electrons. The van der Waals surface area contributed by atoms with Crippen molar-refractivity contribution in [3.63, 3.8) is 0 Å². The Kier molecular flexibility index (Phi) is 1.78. The van der Waals surface area contributed by atoms with Gasteiger partial charge in [0, 0.05) is 0 Å². The third-order valence-electron chi connectivity index (χ3n) is 1.96. The summed E-state index contributed by atoms with van der Waals surface area (Å²) in [5.41, 5.74) is 0. The van der Waals surface area contributed by atoms with Crippen LogP contribution < -0.4 is 0 Å². The zero-order valence-electron chi connectivity index (χ0n) is 5.28. The van der Waals surface area contributed by atoms with E-state index in [0.29, 0.717) is 0 Å². The van der Waals surface area contributed by atoms with E-state index >= 15 is 0 Å². The number of hydrogen-bond donors (Lipinski definition) is 0. The van der Waals surface area contributed by atoms with Crippen LogP contribution in [0.5, 0.6) is 0 Å². The summed E-state index contributed by atoms with van der Waals surface area (Å²) < 4.78 is 0. The molecule has 0 bridgehead atoms. The van der Waals surface area contributed by atoms with Gasteiger partial charge in [0.2, 0.25) is 0 Å². The topological polar surface area (TPSA) is 0 Å². The summed E-state index contributed by atoms with van der Waals surface area (Å²) in [5, 5.41) is 3.22. The summed E-state index contributed by atoms with van der Waals surface area (Å²) in [6, 6.07) is 0. The summed E-state index contributed by atoms with van der Waals surface area (Å²) in [5.74, 6) is 3.57. The Bertz CT molecular complexity index is 53.2. The maximum atomic E-state index is 2.49. The van der Waals surface area contributed by atoms with Gasteiger partial charge in [-0.2, -0.15) is 0 Å². The van der Waals surface area contributed by atoms with Crippen LogP contribution in [0.2, 0.25) is 16.4 Å². The summed E-state index contributed by atoms with van der Waals surface area (Å²) in [6.45, 7) is 2.39. The third kappa shape index (κ3) is 1.48. The highest BCUT2D eigenvalue weighted by molar-refractivity contribution is 6.58. The van der Waals surface area contributed by atoms with E-state index < -0.39 is 0 Å². The monoisotopic (exact) mass is 112 g/mol. The van der Waals surface area contributed by atoms with Crippen molar-refractivity contribution in [3.8, 4) is 0 Å². The van der Waals surface area contributed by atoms with Crippen LogP contribution in [-0.2, 0) is 0 Å². The van der Waals surface area contributed by atoms with Gasteiger partial charge < -0.3 is 0 Å². The van der Waals surface area contributed by atoms with Gasteiger partial charge in [0.1, 0.15) is 0 Å². The molecule has 1 heteroatoms. The highest BCUT2D eigenvalue weighted by Crippen LogP contribution is 2.24. The zero-order valence-corrected chi connectivity index (χ0v) is 6.43. The van der Waals surface area contributed by atoms with Crippen LogP contribution in [0.1, 0.15) is 13.3 Å². The van der Waals surface area contributed by atoms with Gasteiger partial charge in [-0.25, -0.2) is 0 Å². The van der Waals surface area contributed by atoms with Gasteiger partial charge in [0.05, 0.1) is 0 Å². The smallest absolute Gasteiger partial charge is 0.106 e. The summed E-state index contributed by atoms with van der Waals surface area (Å²) >= 11 is -0.107. The van der Waals surface area contributed by atoms with Gasteiger partial charge in [-0.3, -0.25) is 0 Å². The fraction of sp³-hybridized carbons (Fsp3) is 1.00. The molecule has 0 aromatic heterocycles. The molecule has 0 nitrogen and oxygen atoms in total. The highest BCUT2D eigenvalue weighted by Gasteiger charge is 2.21. The van der Waals surface area contributed by atoms with Crippen LogP contribution in [0.15, 0.2) is 0 Å². The van der Waals surface area contributed by atoms with Crippen molar-refractivity contribution < 1.29 is 0 Å². The lowest BCUT2D eigenvalue weighted by molar-refractivity contribution is 0.658. The summed E-state index contributed by atoms with van der Waals surface area (Å²) in [7, 11) is 0. The quantitative estimate of drug-likeness (QED) is 0.421. The fourth-order valence-electron chi connectivity index (χ4n) is 1.49. The molecular formula is C6H13Al. The Labute approximate surface area is 50.3 Å². The first-order valence-corrected chi connectivity index (χ1v) is 6.08. The zero-order chi connectivity index (χ0) is 5.28. The van der Waals surface area contributed by atoms with E-state index in [1.54, 1.807) is 10.6 Å². The van der Waals surface area contributed by atoms with Crippen LogP contribution in [0.25, 0.3) is 0 Å². The predicted octanol–water partition coefficient (Wildman–Crippen LogP) is 2.15. The maximum absolute atomic E-state index is 2.49. The van der Waals surface area contributed by atoms with E-state index in [1.807, 2.05) is 0 Å². The lowest BCUT2D eigenvalue weighted by Crippen LogP contribution is -1.96. The molecule has 0 aliphatic carbocycles. The van der Waals surface area contributed by atoms with Crippen molar-refractivity contribution in [1.82, 2.24) is 0 Å². The van der Waals surface area contributed by atoms with Crippen LogP contribution in [0.4, 0.5) is 0 Å². The van der Waals surface area contributed by atoms with Crippen molar-refractivity contribution in [3.05, 3.63) is 0 Å². The number of rotatable bonds is 0. The molecule has 1 aliphatic heterocycles. The van der Waals surface area contributed by atoms with Crippen molar-refractivity contribution in [2.75, 3.05) is 0 Å². The lowest BCUT2D eigenvalue weighted by Gasteiger charge is -1.94. The van der Waals surface area contributed by atoms with Gasteiger partial charge in [0.25, 0.3) is 14.1 Å². The molecule has 7 heavy (non-hydrogen) atoms. The highest BCUT2D eigenvalue weighted by atomic mass is 27.2. The Morgan fingerprint density at radius 3 is 2.43 bits per heavy atom. The average Bonchev–Trinajstić information content (AvgIpc) is 1.87. The average molecular weight is 112 g/mol. The van der Waals surface area contributed by atoms with E-state index in [4.69, 9.17) is 0 Å². The SMILES string of the molecule is CC1C[CH2][Al]([CH3])[CH2]1. The van der Waals surface area contributed by atoms with Crippen LogP contribution in [0.3, 0.4) is 0 Å². The normalized spacial score (nSPS) is 31.7. The van der Waals surface area contributed by atoms with E-state index in [2.05, 4.69) is 12.7 Å². The Morgan fingerprint density at radius 1 is 1.57 bits per heavy atom. The van der Waals surface area contributed by atoms with Gasteiger partial charge in [0.15, 0.2) is 0 Å². The molecule has 0 spiro atoms. The van der Waals surface area contributed by atoms with Gasteiger partial charge in [-0.05, 0) is 0 Å². The van der Waals surface area contributed by atoms with Gasteiger partial charge in [-0.1, -0.05) is 29.8 Å². The molecule has 0 aromatic rings. The summed E-state index contributed by atoms with van der Waals surface area (Å²) in [6.07, 6.45) is 1.54. The van der Waals surface area contributed by atoms with Crippen molar-refractivity contribution in [2.24, 2.45) is 5.92 Å². The van der Waals surface area contributed by atoms with Crippen molar-refractivity contribution in [1.29, 1.82) is 0 Å². The van der Waals surface area contributed by atoms with E-state index in [-0.39, 0.29) is 14.1 Å². The molecule has 0 saturated carbocycles. The second-order valence-corrected chi connectivity index (χ2v) is 6.28. The molecule has 1 fully saturated rings. The third-order valence-corrected chi connectivity index (χ3v) is 4.89. The van der Waals surface area contributed by atoms with Crippen LogP contribution in [-0.4, -0.2) is 14.1 Å². The van der Waals surface area contributed by atoms with Crippen LogP contribution >= 0.6 is 0 Å². The van der Waals surface area contributed by atoms with Crippen molar-refractivity contribution >= 4 is 14.1 Å². The van der Waals surface area contributed by atoms with E-state index in [9.17, 15) is 0 Å². The molecule has 1 heterocycles. The second-order valence-electron chi connectivity index (χ2n) is 3.02. The standard InChI is InChI=1S/C5H10.CH3.Al/c1-4-5(2)3;;/h5H,1-2,4H2,3H3;1H3;. The largest absolute Gasteiger partial charge is 0.258 e. The van der Waals surface area contributed by atoms with Crippen LogP contribution in [0, 0.1) is 5.92 Å². The lowest BCUT2D eigenvalue weighted by atomic mass is 10.2.